The van der Waals surface area contributed by atoms with Crippen molar-refractivity contribution in [3.63, 3.8) is 0 Å². The van der Waals surface area contributed by atoms with Crippen molar-refractivity contribution in [2.24, 2.45) is 0 Å². The second-order valence-electron chi connectivity index (χ2n) is 5.94. The smallest absolute Gasteiger partial charge is 0.254 e. The summed E-state index contributed by atoms with van der Waals surface area (Å²) in [6, 6.07) is 4.65. The summed E-state index contributed by atoms with van der Waals surface area (Å²) in [6.45, 7) is 11.1. The Hall–Kier alpha value is -2.47. The Morgan fingerprint density at radius 3 is 2.76 bits per heavy atom. The number of halogens is 2. The van der Waals surface area contributed by atoms with Gasteiger partial charge in [0.2, 0.25) is 0 Å². The maximum Gasteiger partial charge on any atom is 0.254 e. The number of hydrogen-bond acceptors (Lipinski definition) is 4. The fraction of sp³-hybridized carbons (Fsp3) is 0.278. The van der Waals surface area contributed by atoms with E-state index in [0.29, 0.717) is 46.5 Å². The standard InChI is InChI=1S/C18H19ClFN5/c1-5-24(9-11(2)3)17-15(16-13(19)7-6-8-14(16)20)12(4)23-18-21-10-22-25(17)18/h6-8,10H,2,5,9H2,1,3-4H3. The third kappa shape index (κ3) is 3.09. The van der Waals surface area contributed by atoms with E-state index in [4.69, 9.17) is 11.6 Å². The van der Waals surface area contributed by atoms with Crippen molar-refractivity contribution in [2.75, 3.05) is 18.0 Å². The van der Waals surface area contributed by atoms with E-state index in [2.05, 4.69) is 26.5 Å². The maximum atomic E-state index is 14.7. The van der Waals surface area contributed by atoms with Gasteiger partial charge in [0, 0.05) is 18.7 Å². The van der Waals surface area contributed by atoms with Gasteiger partial charge in [-0.05, 0) is 32.9 Å². The Morgan fingerprint density at radius 2 is 2.12 bits per heavy atom. The van der Waals surface area contributed by atoms with Crippen molar-refractivity contribution < 1.29 is 4.39 Å². The number of aromatic nitrogens is 4. The van der Waals surface area contributed by atoms with Gasteiger partial charge in [0.1, 0.15) is 18.0 Å². The van der Waals surface area contributed by atoms with E-state index in [1.54, 1.807) is 16.6 Å². The van der Waals surface area contributed by atoms with Crippen LogP contribution in [0.3, 0.4) is 0 Å². The first-order chi connectivity index (χ1) is 11.9. The minimum Gasteiger partial charge on any atom is -0.352 e. The normalized spacial score (nSPS) is 11.1. The third-order valence-corrected chi connectivity index (χ3v) is 4.25. The predicted octanol–water partition coefficient (Wildman–Crippen LogP) is 4.29. The quantitative estimate of drug-likeness (QED) is 0.637. The zero-order chi connectivity index (χ0) is 18.1. The summed E-state index contributed by atoms with van der Waals surface area (Å²) in [7, 11) is 0. The molecule has 0 unspecified atom stereocenters. The van der Waals surface area contributed by atoms with E-state index in [-0.39, 0.29) is 0 Å². The fourth-order valence-corrected chi connectivity index (χ4v) is 3.18. The first kappa shape index (κ1) is 17.4. The lowest BCUT2D eigenvalue weighted by Crippen LogP contribution is -2.28. The van der Waals surface area contributed by atoms with Crippen molar-refractivity contribution >= 4 is 23.2 Å². The number of anilines is 1. The summed E-state index contributed by atoms with van der Waals surface area (Å²) in [5, 5.41) is 4.62. The van der Waals surface area contributed by atoms with Gasteiger partial charge in [-0.2, -0.15) is 14.6 Å². The van der Waals surface area contributed by atoms with Gasteiger partial charge < -0.3 is 4.90 Å². The molecular formula is C18H19ClFN5. The molecule has 5 nitrogen and oxygen atoms in total. The molecule has 0 fully saturated rings. The van der Waals surface area contributed by atoms with E-state index in [1.165, 1.54) is 12.4 Å². The van der Waals surface area contributed by atoms with Gasteiger partial charge in [-0.1, -0.05) is 29.8 Å². The van der Waals surface area contributed by atoms with Crippen molar-refractivity contribution in [1.82, 2.24) is 19.6 Å². The highest BCUT2D eigenvalue weighted by molar-refractivity contribution is 6.33. The number of nitrogens with zero attached hydrogens (tertiary/aromatic N) is 5. The number of hydrogen-bond donors (Lipinski definition) is 0. The molecule has 3 rings (SSSR count). The van der Waals surface area contributed by atoms with Crippen LogP contribution in [0.2, 0.25) is 5.02 Å². The van der Waals surface area contributed by atoms with Crippen LogP contribution in [-0.4, -0.2) is 32.7 Å². The van der Waals surface area contributed by atoms with E-state index in [9.17, 15) is 4.39 Å². The molecule has 0 atom stereocenters. The highest BCUT2D eigenvalue weighted by Gasteiger charge is 2.24. The van der Waals surface area contributed by atoms with Crippen LogP contribution < -0.4 is 4.90 Å². The van der Waals surface area contributed by atoms with Gasteiger partial charge in [-0.25, -0.2) is 9.37 Å². The third-order valence-electron chi connectivity index (χ3n) is 3.94. The summed E-state index contributed by atoms with van der Waals surface area (Å²) in [5.74, 6) is 0.769. The highest BCUT2D eigenvalue weighted by Crippen LogP contribution is 2.39. The van der Waals surface area contributed by atoms with Crippen LogP contribution in [0.1, 0.15) is 19.5 Å². The van der Waals surface area contributed by atoms with Crippen LogP contribution in [-0.2, 0) is 0 Å². The molecule has 0 bridgehead atoms. The zero-order valence-electron chi connectivity index (χ0n) is 14.4. The molecule has 3 aromatic rings. The molecule has 0 radical (unpaired) electrons. The summed E-state index contributed by atoms with van der Waals surface area (Å²) in [5.41, 5.74) is 2.56. The van der Waals surface area contributed by atoms with Crippen LogP contribution in [0.5, 0.6) is 0 Å². The van der Waals surface area contributed by atoms with Crippen LogP contribution in [0.25, 0.3) is 16.9 Å². The molecule has 2 heterocycles. The lowest BCUT2D eigenvalue weighted by Gasteiger charge is -2.27. The van der Waals surface area contributed by atoms with E-state index in [1.807, 2.05) is 20.8 Å². The topological polar surface area (TPSA) is 46.3 Å². The molecule has 0 aliphatic rings. The molecule has 0 aliphatic heterocycles. The van der Waals surface area contributed by atoms with Gasteiger partial charge >= 0.3 is 0 Å². The Kier molecular flexibility index (Phi) is 4.72. The molecule has 2 aromatic heterocycles. The molecule has 130 valence electrons. The Morgan fingerprint density at radius 1 is 1.36 bits per heavy atom. The molecule has 0 saturated heterocycles. The van der Waals surface area contributed by atoms with E-state index < -0.39 is 5.82 Å². The Bertz CT molecular complexity index is 930. The van der Waals surface area contributed by atoms with E-state index >= 15 is 0 Å². The number of fused-ring (bicyclic) bond motifs is 1. The highest BCUT2D eigenvalue weighted by atomic mass is 35.5. The molecule has 7 heteroatoms. The van der Waals surface area contributed by atoms with Crippen molar-refractivity contribution in [3.05, 3.63) is 53.2 Å². The van der Waals surface area contributed by atoms with Gasteiger partial charge in [0.15, 0.2) is 0 Å². The van der Waals surface area contributed by atoms with Crippen LogP contribution in [0.4, 0.5) is 10.2 Å². The monoisotopic (exact) mass is 359 g/mol. The summed E-state index contributed by atoms with van der Waals surface area (Å²) in [6.07, 6.45) is 1.44. The molecule has 0 aliphatic carbocycles. The minimum atomic E-state index is -0.399. The van der Waals surface area contributed by atoms with Crippen LogP contribution in [0, 0.1) is 12.7 Å². The lowest BCUT2D eigenvalue weighted by molar-refractivity contribution is 0.630. The number of likely N-dealkylation sites (N-methyl/N-ethyl adjacent to an activating group) is 1. The van der Waals surface area contributed by atoms with Gasteiger partial charge in [0.05, 0.1) is 16.3 Å². The zero-order valence-corrected chi connectivity index (χ0v) is 15.2. The molecule has 0 spiro atoms. The SMILES string of the molecule is C=C(C)CN(CC)c1c(-c2c(F)cccc2Cl)c(C)nc2ncnn12. The minimum absolute atomic E-state index is 0.321. The predicted molar refractivity (Wildman–Crippen MR) is 98.6 cm³/mol. The summed E-state index contributed by atoms with van der Waals surface area (Å²) < 4.78 is 16.3. The Balaban J connectivity index is 2.40. The molecule has 1 aromatic carbocycles. The van der Waals surface area contributed by atoms with Crippen LogP contribution >= 0.6 is 11.6 Å². The average molecular weight is 360 g/mol. The Labute approximate surface area is 150 Å². The van der Waals surface area contributed by atoms with Crippen molar-refractivity contribution in [1.29, 1.82) is 0 Å². The molecular weight excluding hydrogens is 341 g/mol. The van der Waals surface area contributed by atoms with Crippen molar-refractivity contribution in [2.45, 2.75) is 20.8 Å². The number of benzene rings is 1. The molecule has 0 saturated carbocycles. The summed E-state index contributed by atoms with van der Waals surface area (Å²) >= 11 is 6.34. The molecule has 25 heavy (non-hydrogen) atoms. The first-order valence-corrected chi connectivity index (χ1v) is 8.35. The average Bonchev–Trinajstić information content (AvgIpc) is 3.00. The first-order valence-electron chi connectivity index (χ1n) is 7.98. The van der Waals surface area contributed by atoms with Crippen molar-refractivity contribution in [3.8, 4) is 11.1 Å². The van der Waals surface area contributed by atoms with Gasteiger partial charge in [-0.15, -0.1) is 0 Å². The van der Waals surface area contributed by atoms with E-state index in [0.717, 1.165) is 5.57 Å². The molecule has 0 amide bonds. The fourth-order valence-electron chi connectivity index (χ4n) is 2.92. The van der Waals surface area contributed by atoms with Crippen LogP contribution in [0.15, 0.2) is 36.7 Å². The second kappa shape index (κ2) is 6.80. The summed E-state index contributed by atoms with van der Waals surface area (Å²) in [4.78, 5) is 10.7. The second-order valence-corrected chi connectivity index (χ2v) is 6.34. The van der Waals surface area contributed by atoms with Gasteiger partial charge in [0.25, 0.3) is 5.78 Å². The number of aryl methyl sites for hydroxylation is 1. The maximum absolute atomic E-state index is 14.7. The lowest BCUT2D eigenvalue weighted by atomic mass is 10.0. The molecule has 0 N–H and O–H groups in total. The largest absolute Gasteiger partial charge is 0.352 e. The van der Waals surface area contributed by atoms with Gasteiger partial charge in [-0.3, -0.25) is 0 Å². The number of rotatable bonds is 5.